The second kappa shape index (κ2) is 9.95. The molecule has 1 aliphatic rings. The molecule has 0 radical (unpaired) electrons. The molecule has 25 heavy (non-hydrogen) atoms. The molecule has 0 saturated carbocycles. The molecular formula is C19H32N2O2S2. The molecule has 0 spiro atoms. The van der Waals surface area contributed by atoms with Crippen molar-refractivity contribution in [2.24, 2.45) is 0 Å². The monoisotopic (exact) mass is 384 g/mol. The lowest BCUT2D eigenvalue weighted by molar-refractivity contribution is 0.181. The third-order valence-corrected chi connectivity index (χ3v) is 8.05. The van der Waals surface area contributed by atoms with Crippen LogP contribution in [0.1, 0.15) is 45.1 Å². The van der Waals surface area contributed by atoms with Gasteiger partial charge in [-0.15, -0.1) is 0 Å². The quantitative estimate of drug-likeness (QED) is 0.722. The third-order valence-electron chi connectivity index (χ3n) is 4.88. The Morgan fingerprint density at radius 2 is 1.64 bits per heavy atom. The first kappa shape index (κ1) is 20.7. The molecule has 0 amide bonds. The normalized spacial score (nSPS) is 19.2. The maximum atomic E-state index is 12.1. The summed E-state index contributed by atoms with van der Waals surface area (Å²) in [6.45, 7) is 9.96. The van der Waals surface area contributed by atoms with E-state index in [1.54, 1.807) is 12.3 Å². The lowest BCUT2D eigenvalue weighted by atomic mass is 10.1. The zero-order valence-electron chi connectivity index (χ0n) is 15.8. The van der Waals surface area contributed by atoms with E-state index in [4.69, 9.17) is 0 Å². The second-order valence-corrected chi connectivity index (χ2v) is 11.1. The highest BCUT2D eigenvalue weighted by Gasteiger charge is 2.15. The predicted molar refractivity (Wildman–Crippen MR) is 108 cm³/mol. The van der Waals surface area contributed by atoms with Crippen LogP contribution in [-0.4, -0.2) is 56.7 Å². The molecule has 142 valence electrons. The van der Waals surface area contributed by atoms with Crippen LogP contribution in [-0.2, 0) is 15.4 Å². The first-order valence-electron chi connectivity index (χ1n) is 9.28. The van der Waals surface area contributed by atoms with Crippen molar-refractivity contribution in [3.8, 4) is 0 Å². The van der Waals surface area contributed by atoms with E-state index >= 15 is 0 Å². The summed E-state index contributed by atoms with van der Waals surface area (Å²) in [5.74, 6) is 0. The van der Waals surface area contributed by atoms with Gasteiger partial charge in [0.05, 0.1) is 4.90 Å². The molecule has 1 aromatic rings. The molecule has 0 unspecified atom stereocenters. The molecule has 0 atom stereocenters. The van der Waals surface area contributed by atoms with E-state index in [9.17, 15) is 8.42 Å². The molecule has 0 N–H and O–H groups in total. The lowest BCUT2D eigenvalue weighted by Crippen LogP contribution is -2.35. The van der Waals surface area contributed by atoms with E-state index in [0.717, 1.165) is 36.0 Å². The first-order valence-corrected chi connectivity index (χ1v) is 12.5. The molecule has 1 aliphatic heterocycles. The standard InChI is InChI=1S/C19H32N2O2S2/c1-17(2)21-13-6-4-11-20(12-5-7-14-21)16-18-9-8-10-19(15-18)25(22,23)24-3/h8-10,15,17H,4-7,11-14,16H2,1-3H3. The summed E-state index contributed by atoms with van der Waals surface area (Å²) >= 11 is 0. The van der Waals surface area contributed by atoms with E-state index in [0.29, 0.717) is 10.9 Å². The summed E-state index contributed by atoms with van der Waals surface area (Å²) in [6.07, 6.45) is 6.48. The third kappa shape index (κ3) is 6.59. The minimum absolute atomic E-state index is 0.422. The van der Waals surface area contributed by atoms with Gasteiger partial charge in [-0.2, -0.15) is 0 Å². The minimum atomic E-state index is -3.21. The van der Waals surface area contributed by atoms with Crippen LogP contribution in [0.4, 0.5) is 0 Å². The number of nitrogens with zero attached hydrogens (tertiary/aromatic N) is 2. The second-order valence-electron chi connectivity index (χ2n) is 7.09. The zero-order valence-corrected chi connectivity index (χ0v) is 17.4. The van der Waals surface area contributed by atoms with Crippen molar-refractivity contribution < 1.29 is 8.42 Å². The van der Waals surface area contributed by atoms with Crippen LogP contribution in [0, 0.1) is 0 Å². The van der Waals surface area contributed by atoms with Crippen LogP contribution in [0.3, 0.4) is 0 Å². The Morgan fingerprint density at radius 3 is 2.20 bits per heavy atom. The van der Waals surface area contributed by atoms with Crippen molar-refractivity contribution in [1.29, 1.82) is 0 Å². The van der Waals surface area contributed by atoms with Crippen molar-refractivity contribution in [3.05, 3.63) is 29.8 Å². The Bertz CT molecular complexity index is 620. The van der Waals surface area contributed by atoms with Gasteiger partial charge in [-0.1, -0.05) is 12.1 Å². The Labute approximate surface area is 157 Å². The van der Waals surface area contributed by atoms with Gasteiger partial charge in [0, 0.05) is 12.6 Å². The van der Waals surface area contributed by atoms with Crippen molar-refractivity contribution in [2.75, 3.05) is 32.4 Å². The van der Waals surface area contributed by atoms with Gasteiger partial charge in [0.25, 0.3) is 0 Å². The molecule has 1 saturated heterocycles. The van der Waals surface area contributed by atoms with Gasteiger partial charge in [-0.05, 0) is 100 Å². The smallest absolute Gasteiger partial charge is 0.229 e. The molecule has 0 aliphatic carbocycles. The van der Waals surface area contributed by atoms with Crippen molar-refractivity contribution in [1.82, 2.24) is 9.80 Å². The lowest BCUT2D eigenvalue weighted by Gasteiger charge is -2.30. The summed E-state index contributed by atoms with van der Waals surface area (Å²) in [7, 11) is -2.30. The molecule has 2 rings (SSSR count). The van der Waals surface area contributed by atoms with Gasteiger partial charge in [0.15, 0.2) is 0 Å². The highest BCUT2D eigenvalue weighted by Crippen LogP contribution is 2.22. The van der Waals surface area contributed by atoms with Gasteiger partial charge in [-0.25, -0.2) is 8.42 Å². The van der Waals surface area contributed by atoms with Crippen LogP contribution in [0.2, 0.25) is 0 Å². The molecule has 0 bridgehead atoms. The summed E-state index contributed by atoms with van der Waals surface area (Å²) in [5.41, 5.74) is 1.09. The minimum Gasteiger partial charge on any atom is -0.301 e. The van der Waals surface area contributed by atoms with Gasteiger partial charge in [-0.3, -0.25) is 4.90 Å². The van der Waals surface area contributed by atoms with Crippen LogP contribution in [0.15, 0.2) is 29.2 Å². The van der Waals surface area contributed by atoms with Crippen LogP contribution in [0.5, 0.6) is 0 Å². The molecule has 4 nitrogen and oxygen atoms in total. The molecule has 6 heteroatoms. The Balaban J connectivity index is 1.97. The van der Waals surface area contributed by atoms with Crippen molar-refractivity contribution in [3.63, 3.8) is 0 Å². The SMILES string of the molecule is CSS(=O)(=O)c1cccc(CN2CCCCN(C(C)C)CCCC2)c1. The molecular weight excluding hydrogens is 352 g/mol. The number of hydrogen-bond acceptors (Lipinski definition) is 5. The highest BCUT2D eigenvalue weighted by molar-refractivity contribution is 8.71. The summed E-state index contributed by atoms with van der Waals surface area (Å²) in [5, 5.41) is 0. The molecule has 1 heterocycles. The number of benzene rings is 1. The summed E-state index contributed by atoms with van der Waals surface area (Å²) in [4.78, 5) is 5.49. The van der Waals surface area contributed by atoms with Crippen molar-refractivity contribution in [2.45, 2.75) is 57.0 Å². The summed E-state index contributed by atoms with van der Waals surface area (Å²) < 4.78 is 24.1. The molecule has 1 fully saturated rings. The van der Waals surface area contributed by atoms with E-state index < -0.39 is 8.87 Å². The largest absolute Gasteiger partial charge is 0.301 e. The number of rotatable bonds is 5. The molecule has 1 aromatic carbocycles. The zero-order chi connectivity index (χ0) is 18.3. The van der Waals surface area contributed by atoms with Crippen LogP contribution < -0.4 is 0 Å². The van der Waals surface area contributed by atoms with Crippen LogP contribution in [0.25, 0.3) is 0 Å². The van der Waals surface area contributed by atoms with Gasteiger partial charge < -0.3 is 4.90 Å². The Kier molecular flexibility index (Phi) is 8.26. The summed E-state index contributed by atoms with van der Waals surface area (Å²) in [6, 6.07) is 8.07. The van der Waals surface area contributed by atoms with Crippen LogP contribution >= 0.6 is 10.8 Å². The Hall–Kier alpha value is -0.560. The predicted octanol–water partition coefficient (Wildman–Crippen LogP) is 3.82. The van der Waals surface area contributed by atoms with E-state index in [1.807, 2.05) is 18.2 Å². The maximum Gasteiger partial charge on any atom is 0.229 e. The van der Waals surface area contributed by atoms with Crippen molar-refractivity contribution >= 4 is 19.7 Å². The fourth-order valence-electron chi connectivity index (χ4n) is 3.35. The van der Waals surface area contributed by atoms with E-state index in [-0.39, 0.29) is 0 Å². The van der Waals surface area contributed by atoms with Gasteiger partial charge in [0.2, 0.25) is 8.87 Å². The van der Waals surface area contributed by atoms with E-state index in [2.05, 4.69) is 23.6 Å². The van der Waals surface area contributed by atoms with Gasteiger partial charge >= 0.3 is 0 Å². The fraction of sp³-hybridized carbons (Fsp3) is 0.684. The topological polar surface area (TPSA) is 40.6 Å². The maximum absolute atomic E-state index is 12.1. The van der Waals surface area contributed by atoms with Gasteiger partial charge in [0.1, 0.15) is 0 Å². The Morgan fingerprint density at radius 1 is 1.04 bits per heavy atom. The highest BCUT2D eigenvalue weighted by atomic mass is 33.1. The fourth-order valence-corrected chi connectivity index (χ4v) is 4.97. The average Bonchev–Trinajstić information content (AvgIpc) is 2.60. The first-order chi connectivity index (χ1) is 11.9. The average molecular weight is 385 g/mol. The molecule has 0 aromatic heterocycles. The van der Waals surface area contributed by atoms with E-state index in [1.165, 1.54) is 38.8 Å². The number of hydrogen-bond donors (Lipinski definition) is 0.